The molecular weight excluding hydrogens is 158 g/mol. The molecule has 0 amide bonds. The summed E-state index contributed by atoms with van der Waals surface area (Å²) in [6, 6.07) is 0.145. The van der Waals surface area contributed by atoms with E-state index in [4.69, 9.17) is 9.84 Å². The molecule has 70 valence electrons. The monoisotopic (exact) mass is 173 g/mol. The lowest BCUT2D eigenvalue weighted by atomic mass is 10.3. The molecule has 0 aromatic heterocycles. The fraction of sp³-hybridized carbons (Fsp3) is 0.625. The van der Waals surface area contributed by atoms with E-state index in [1.807, 2.05) is 6.92 Å². The highest BCUT2D eigenvalue weighted by Crippen LogP contribution is 1.89. The number of hydrogen-bond donors (Lipinski definition) is 2. The van der Waals surface area contributed by atoms with Gasteiger partial charge in [0.25, 0.3) is 0 Å². The van der Waals surface area contributed by atoms with Crippen LogP contribution in [0.25, 0.3) is 0 Å². The van der Waals surface area contributed by atoms with Crippen LogP contribution in [0.15, 0.2) is 12.2 Å². The Labute approximate surface area is 72.2 Å². The largest absolute Gasteiger partial charge is 0.478 e. The Kier molecular flexibility index (Phi) is 5.32. The standard InChI is InChI=1S/C8H15NO3/c1-6(8(10)11)4-9-7(2)5-12-3/h7,9H,1,4-5H2,2-3H3,(H,10,11). The molecule has 0 fully saturated rings. The van der Waals surface area contributed by atoms with E-state index >= 15 is 0 Å². The average molecular weight is 173 g/mol. The van der Waals surface area contributed by atoms with Crippen LogP contribution in [0.1, 0.15) is 6.92 Å². The van der Waals surface area contributed by atoms with Crippen LogP contribution in [0.3, 0.4) is 0 Å². The number of aliphatic carboxylic acids is 1. The summed E-state index contributed by atoms with van der Waals surface area (Å²) in [5, 5.41) is 11.4. The van der Waals surface area contributed by atoms with Gasteiger partial charge < -0.3 is 15.2 Å². The van der Waals surface area contributed by atoms with Gasteiger partial charge in [-0.15, -0.1) is 0 Å². The number of methoxy groups -OCH3 is 1. The van der Waals surface area contributed by atoms with Crippen LogP contribution < -0.4 is 5.32 Å². The molecule has 4 nitrogen and oxygen atoms in total. The number of hydrogen-bond acceptors (Lipinski definition) is 3. The minimum absolute atomic E-state index is 0.145. The number of carbonyl (C=O) groups is 1. The zero-order valence-corrected chi connectivity index (χ0v) is 7.46. The molecule has 1 unspecified atom stereocenters. The summed E-state index contributed by atoms with van der Waals surface area (Å²) in [7, 11) is 1.60. The van der Waals surface area contributed by atoms with Gasteiger partial charge in [0, 0.05) is 25.3 Å². The summed E-state index contributed by atoms with van der Waals surface area (Å²) in [5.41, 5.74) is 0.165. The lowest BCUT2D eigenvalue weighted by Gasteiger charge is -2.11. The maximum atomic E-state index is 10.3. The second-order valence-electron chi connectivity index (χ2n) is 2.65. The third kappa shape index (κ3) is 4.87. The van der Waals surface area contributed by atoms with E-state index in [0.29, 0.717) is 13.2 Å². The number of nitrogens with one attached hydrogen (secondary N) is 1. The van der Waals surface area contributed by atoms with E-state index in [1.165, 1.54) is 0 Å². The van der Waals surface area contributed by atoms with Crippen molar-refractivity contribution in [2.24, 2.45) is 0 Å². The van der Waals surface area contributed by atoms with Gasteiger partial charge in [-0.2, -0.15) is 0 Å². The first-order valence-corrected chi connectivity index (χ1v) is 3.71. The summed E-state index contributed by atoms with van der Waals surface area (Å²) >= 11 is 0. The molecule has 0 saturated heterocycles. The highest BCUT2D eigenvalue weighted by Gasteiger charge is 2.05. The van der Waals surface area contributed by atoms with E-state index in [0.717, 1.165) is 0 Å². The van der Waals surface area contributed by atoms with E-state index in [9.17, 15) is 4.79 Å². The maximum absolute atomic E-state index is 10.3. The first-order chi connectivity index (χ1) is 5.57. The molecule has 0 spiro atoms. The fourth-order valence-electron chi connectivity index (χ4n) is 0.682. The molecule has 0 aliphatic rings. The second kappa shape index (κ2) is 5.74. The first kappa shape index (κ1) is 11.1. The molecule has 0 radical (unpaired) electrons. The van der Waals surface area contributed by atoms with Gasteiger partial charge in [-0.1, -0.05) is 6.58 Å². The molecule has 12 heavy (non-hydrogen) atoms. The van der Waals surface area contributed by atoms with Crippen molar-refractivity contribution in [1.29, 1.82) is 0 Å². The molecule has 4 heteroatoms. The Hall–Kier alpha value is -0.870. The van der Waals surface area contributed by atoms with Crippen molar-refractivity contribution in [1.82, 2.24) is 5.32 Å². The number of carboxylic acids is 1. The van der Waals surface area contributed by atoms with Crippen molar-refractivity contribution in [3.8, 4) is 0 Å². The Bertz CT molecular complexity index is 168. The Morgan fingerprint density at radius 3 is 2.75 bits per heavy atom. The summed E-state index contributed by atoms with van der Waals surface area (Å²) in [4.78, 5) is 10.3. The zero-order valence-electron chi connectivity index (χ0n) is 7.46. The average Bonchev–Trinajstić information content (AvgIpc) is 2.00. The van der Waals surface area contributed by atoms with Gasteiger partial charge in [-0.25, -0.2) is 4.79 Å². The highest BCUT2D eigenvalue weighted by molar-refractivity contribution is 5.86. The number of ether oxygens (including phenoxy) is 1. The smallest absolute Gasteiger partial charge is 0.332 e. The molecule has 0 aromatic carbocycles. The molecule has 1 atom stereocenters. The van der Waals surface area contributed by atoms with Gasteiger partial charge in [-0.05, 0) is 6.92 Å². The quantitative estimate of drug-likeness (QED) is 0.565. The number of rotatable bonds is 6. The minimum Gasteiger partial charge on any atom is -0.478 e. The molecule has 0 aliphatic carbocycles. The van der Waals surface area contributed by atoms with Gasteiger partial charge in [-0.3, -0.25) is 0 Å². The lowest BCUT2D eigenvalue weighted by molar-refractivity contribution is -0.132. The molecule has 0 saturated carbocycles. The normalized spacial score (nSPS) is 12.5. The Morgan fingerprint density at radius 2 is 2.33 bits per heavy atom. The van der Waals surface area contributed by atoms with Crippen LogP contribution in [0.2, 0.25) is 0 Å². The van der Waals surface area contributed by atoms with E-state index in [1.54, 1.807) is 7.11 Å². The van der Waals surface area contributed by atoms with Crippen molar-refractivity contribution in [2.75, 3.05) is 20.3 Å². The SMILES string of the molecule is C=C(CNC(C)COC)C(=O)O. The molecule has 2 N–H and O–H groups in total. The van der Waals surface area contributed by atoms with Crippen molar-refractivity contribution < 1.29 is 14.6 Å². The summed E-state index contributed by atoms with van der Waals surface area (Å²) in [5.74, 6) is -0.966. The van der Waals surface area contributed by atoms with Crippen molar-refractivity contribution in [3.63, 3.8) is 0 Å². The van der Waals surface area contributed by atoms with Crippen molar-refractivity contribution in [2.45, 2.75) is 13.0 Å². The van der Waals surface area contributed by atoms with E-state index in [-0.39, 0.29) is 11.6 Å². The molecule has 0 heterocycles. The fourth-order valence-corrected chi connectivity index (χ4v) is 0.682. The van der Waals surface area contributed by atoms with Crippen LogP contribution in [0.5, 0.6) is 0 Å². The highest BCUT2D eigenvalue weighted by atomic mass is 16.5. The van der Waals surface area contributed by atoms with Crippen LogP contribution in [-0.4, -0.2) is 37.4 Å². The topological polar surface area (TPSA) is 58.6 Å². The summed E-state index contributed by atoms with van der Waals surface area (Å²) < 4.78 is 4.86. The third-order valence-electron chi connectivity index (χ3n) is 1.38. The molecule has 0 aromatic rings. The lowest BCUT2D eigenvalue weighted by Crippen LogP contribution is -2.32. The maximum Gasteiger partial charge on any atom is 0.332 e. The number of carboxylic acid groups (broad SMARTS) is 1. The third-order valence-corrected chi connectivity index (χ3v) is 1.38. The Balaban J connectivity index is 3.54. The first-order valence-electron chi connectivity index (χ1n) is 3.71. The van der Waals surface area contributed by atoms with Gasteiger partial charge in [0.1, 0.15) is 0 Å². The van der Waals surface area contributed by atoms with Crippen LogP contribution in [0, 0.1) is 0 Å². The van der Waals surface area contributed by atoms with E-state index in [2.05, 4.69) is 11.9 Å². The molecule has 0 rings (SSSR count). The van der Waals surface area contributed by atoms with Gasteiger partial charge in [0.15, 0.2) is 0 Å². The van der Waals surface area contributed by atoms with Crippen molar-refractivity contribution >= 4 is 5.97 Å². The van der Waals surface area contributed by atoms with Gasteiger partial charge >= 0.3 is 5.97 Å². The minimum atomic E-state index is -0.966. The predicted octanol–water partition coefficient (Wildman–Crippen LogP) is 0.252. The van der Waals surface area contributed by atoms with E-state index < -0.39 is 5.97 Å². The van der Waals surface area contributed by atoms with Gasteiger partial charge in [0.05, 0.1) is 6.61 Å². The summed E-state index contributed by atoms with van der Waals surface area (Å²) in [6.45, 7) is 6.15. The Morgan fingerprint density at radius 1 is 1.75 bits per heavy atom. The molecule has 0 bridgehead atoms. The van der Waals surface area contributed by atoms with Crippen LogP contribution in [0.4, 0.5) is 0 Å². The predicted molar refractivity (Wildman–Crippen MR) is 46.1 cm³/mol. The van der Waals surface area contributed by atoms with Crippen LogP contribution in [-0.2, 0) is 9.53 Å². The molecular formula is C8H15NO3. The van der Waals surface area contributed by atoms with Gasteiger partial charge in [0.2, 0.25) is 0 Å². The molecule has 0 aliphatic heterocycles. The van der Waals surface area contributed by atoms with Crippen molar-refractivity contribution in [3.05, 3.63) is 12.2 Å². The zero-order chi connectivity index (χ0) is 9.56. The summed E-state index contributed by atoms with van der Waals surface area (Å²) in [6.07, 6.45) is 0. The van der Waals surface area contributed by atoms with Crippen LogP contribution >= 0.6 is 0 Å². The second-order valence-corrected chi connectivity index (χ2v) is 2.65.